The second-order valence-electron chi connectivity index (χ2n) is 4.17. The molecule has 0 saturated carbocycles. The quantitative estimate of drug-likeness (QED) is 0.742. The molecule has 0 bridgehead atoms. The van der Waals surface area contributed by atoms with Crippen LogP contribution >= 0.6 is 11.6 Å². The monoisotopic (exact) mass is 298 g/mol. The third-order valence-electron chi connectivity index (χ3n) is 2.54. The van der Waals surface area contributed by atoms with Crippen molar-refractivity contribution in [2.24, 2.45) is 0 Å². The number of carbonyl (C=O) groups is 2. The van der Waals surface area contributed by atoms with Crippen LogP contribution in [0.25, 0.3) is 0 Å². The molecule has 1 unspecified atom stereocenters. The van der Waals surface area contributed by atoms with Crippen LogP contribution in [0.3, 0.4) is 0 Å². The zero-order valence-electron chi connectivity index (χ0n) is 11.8. The lowest BCUT2D eigenvalue weighted by molar-refractivity contribution is -0.122. The van der Waals surface area contributed by atoms with Crippen LogP contribution in [-0.4, -0.2) is 35.9 Å². The first-order valence-electron chi connectivity index (χ1n) is 6.47. The maximum absolute atomic E-state index is 12.0. The van der Waals surface area contributed by atoms with Crippen molar-refractivity contribution in [3.05, 3.63) is 22.8 Å². The summed E-state index contributed by atoms with van der Waals surface area (Å²) >= 11 is 6.02. The molecule has 0 aliphatic heterocycles. The summed E-state index contributed by atoms with van der Waals surface area (Å²) in [6, 6.07) is 0.904. The first-order valence-corrected chi connectivity index (χ1v) is 6.85. The number of pyridine rings is 1. The minimum atomic E-state index is -0.616. The summed E-state index contributed by atoms with van der Waals surface area (Å²) in [5.41, 5.74) is 0.313. The molecular formula is C13H19ClN4O2. The van der Waals surface area contributed by atoms with Crippen LogP contribution in [0.15, 0.2) is 12.3 Å². The standard InChI is InChI=1S/C13H19ClN4O2/c1-4-15-11-10(14)6-9(7-17-11)13(20)18-8(3)12(19)16-5-2/h6-8H,4-5H2,1-3H3,(H,15,17)(H,16,19)(H,18,20). The van der Waals surface area contributed by atoms with Gasteiger partial charge in [0.1, 0.15) is 11.9 Å². The minimum absolute atomic E-state index is 0.232. The average molecular weight is 299 g/mol. The molecule has 1 aromatic rings. The Morgan fingerprint density at radius 2 is 2.05 bits per heavy atom. The highest BCUT2D eigenvalue weighted by Gasteiger charge is 2.16. The zero-order chi connectivity index (χ0) is 15.1. The van der Waals surface area contributed by atoms with Crippen LogP contribution in [0.4, 0.5) is 5.82 Å². The van der Waals surface area contributed by atoms with Crippen LogP contribution < -0.4 is 16.0 Å². The van der Waals surface area contributed by atoms with Gasteiger partial charge in [-0.15, -0.1) is 0 Å². The van der Waals surface area contributed by atoms with Crippen LogP contribution in [0, 0.1) is 0 Å². The molecule has 0 saturated heterocycles. The Kier molecular flexibility index (Phi) is 6.24. The molecule has 2 amide bonds. The molecule has 7 heteroatoms. The fraction of sp³-hybridized carbons (Fsp3) is 0.462. The van der Waals surface area contributed by atoms with Gasteiger partial charge >= 0.3 is 0 Å². The van der Waals surface area contributed by atoms with Crippen molar-refractivity contribution in [3.63, 3.8) is 0 Å². The predicted molar refractivity (Wildman–Crippen MR) is 79.0 cm³/mol. The van der Waals surface area contributed by atoms with Crippen molar-refractivity contribution in [2.45, 2.75) is 26.8 Å². The summed E-state index contributed by atoms with van der Waals surface area (Å²) < 4.78 is 0. The van der Waals surface area contributed by atoms with Crippen molar-refractivity contribution in [3.8, 4) is 0 Å². The van der Waals surface area contributed by atoms with Crippen LogP contribution in [0.1, 0.15) is 31.1 Å². The van der Waals surface area contributed by atoms with E-state index in [0.29, 0.717) is 29.5 Å². The van der Waals surface area contributed by atoms with E-state index in [4.69, 9.17) is 11.6 Å². The lowest BCUT2D eigenvalue weighted by atomic mass is 10.2. The predicted octanol–water partition coefficient (Wildman–Crippen LogP) is 1.42. The Morgan fingerprint density at radius 3 is 2.60 bits per heavy atom. The molecule has 0 spiro atoms. The number of aromatic nitrogens is 1. The molecule has 0 aromatic carbocycles. The first-order chi connectivity index (χ1) is 9.49. The molecule has 1 atom stereocenters. The van der Waals surface area contributed by atoms with Gasteiger partial charge in [0.2, 0.25) is 5.91 Å². The number of likely N-dealkylation sites (N-methyl/N-ethyl adjacent to an activating group) is 1. The van der Waals surface area contributed by atoms with Gasteiger partial charge in [0.15, 0.2) is 0 Å². The van der Waals surface area contributed by atoms with E-state index in [1.807, 2.05) is 13.8 Å². The number of carbonyl (C=O) groups excluding carboxylic acids is 2. The lowest BCUT2D eigenvalue weighted by Crippen LogP contribution is -2.44. The average Bonchev–Trinajstić information content (AvgIpc) is 2.41. The number of rotatable bonds is 6. The Balaban J connectivity index is 2.73. The molecule has 0 fully saturated rings. The second kappa shape index (κ2) is 7.69. The number of nitrogens with one attached hydrogen (secondary N) is 3. The normalized spacial score (nSPS) is 11.6. The van der Waals surface area contributed by atoms with Gasteiger partial charge in [-0.25, -0.2) is 4.98 Å². The van der Waals surface area contributed by atoms with Gasteiger partial charge in [0.25, 0.3) is 5.91 Å². The van der Waals surface area contributed by atoms with Crippen LogP contribution in [-0.2, 0) is 4.79 Å². The lowest BCUT2D eigenvalue weighted by Gasteiger charge is -2.13. The van der Waals surface area contributed by atoms with Gasteiger partial charge in [-0.3, -0.25) is 9.59 Å². The van der Waals surface area contributed by atoms with Crippen molar-refractivity contribution in [2.75, 3.05) is 18.4 Å². The summed E-state index contributed by atoms with van der Waals surface area (Å²) in [6.07, 6.45) is 1.42. The first kappa shape index (κ1) is 16.2. The van der Waals surface area contributed by atoms with Gasteiger partial charge in [0.05, 0.1) is 10.6 Å². The van der Waals surface area contributed by atoms with E-state index >= 15 is 0 Å². The maximum atomic E-state index is 12.0. The summed E-state index contributed by atoms with van der Waals surface area (Å²) in [4.78, 5) is 27.6. The van der Waals surface area contributed by atoms with Crippen molar-refractivity contribution in [1.29, 1.82) is 0 Å². The molecule has 0 aliphatic rings. The number of nitrogens with zero attached hydrogens (tertiary/aromatic N) is 1. The van der Waals surface area contributed by atoms with Gasteiger partial charge in [0, 0.05) is 19.3 Å². The fourth-order valence-electron chi connectivity index (χ4n) is 1.53. The Hall–Kier alpha value is -1.82. The fourth-order valence-corrected chi connectivity index (χ4v) is 1.77. The van der Waals surface area contributed by atoms with E-state index in [0.717, 1.165) is 0 Å². The van der Waals surface area contributed by atoms with E-state index in [-0.39, 0.29) is 11.8 Å². The molecule has 0 aliphatic carbocycles. The highest BCUT2D eigenvalue weighted by molar-refractivity contribution is 6.33. The second-order valence-corrected chi connectivity index (χ2v) is 4.58. The van der Waals surface area contributed by atoms with Crippen molar-refractivity contribution < 1.29 is 9.59 Å². The summed E-state index contributed by atoms with van der Waals surface area (Å²) in [5, 5.41) is 8.57. The SMILES string of the molecule is CCNC(=O)C(C)NC(=O)c1cnc(NCC)c(Cl)c1. The van der Waals surface area contributed by atoms with E-state index in [1.54, 1.807) is 6.92 Å². The number of hydrogen-bond donors (Lipinski definition) is 3. The molecule has 0 radical (unpaired) electrons. The maximum Gasteiger partial charge on any atom is 0.253 e. The highest BCUT2D eigenvalue weighted by Crippen LogP contribution is 2.19. The highest BCUT2D eigenvalue weighted by atomic mass is 35.5. The number of amides is 2. The molecule has 6 nitrogen and oxygen atoms in total. The molecule has 1 rings (SSSR count). The van der Waals surface area contributed by atoms with Crippen molar-refractivity contribution in [1.82, 2.24) is 15.6 Å². The van der Waals surface area contributed by atoms with E-state index in [2.05, 4.69) is 20.9 Å². The third kappa shape index (κ3) is 4.38. The van der Waals surface area contributed by atoms with Gasteiger partial charge in [-0.05, 0) is 26.8 Å². The molecule has 1 aromatic heterocycles. The largest absolute Gasteiger partial charge is 0.369 e. The summed E-state index contributed by atoms with van der Waals surface area (Å²) in [6.45, 7) is 6.56. The molecule has 110 valence electrons. The molecule has 3 N–H and O–H groups in total. The molecular weight excluding hydrogens is 280 g/mol. The molecule has 20 heavy (non-hydrogen) atoms. The van der Waals surface area contributed by atoms with Gasteiger partial charge in [-0.1, -0.05) is 11.6 Å². The smallest absolute Gasteiger partial charge is 0.253 e. The third-order valence-corrected chi connectivity index (χ3v) is 2.83. The minimum Gasteiger partial charge on any atom is -0.369 e. The Morgan fingerprint density at radius 1 is 1.35 bits per heavy atom. The number of halogens is 1. The molecule has 1 heterocycles. The summed E-state index contributed by atoms with van der Waals surface area (Å²) in [5.74, 6) is -0.0899. The Labute approximate surface area is 123 Å². The van der Waals surface area contributed by atoms with Gasteiger partial charge in [-0.2, -0.15) is 0 Å². The number of hydrogen-bond acceptors (Lipinski definition) is 4. The number of anilines is 1. The van der Waals surface area contributed by atoms with Crippen molar-refractivity contribution >= 4 is 29.2 Å². The van der Waals surface area contributed by atoms with Crippen LogP contribution in [0.2, 0.25) is 5.02 Å². The topological polar surface area (TPSA) is 83.1 Å². The van der Waals surface area contributed by atoms with E-state index in [1.165, 1.54) is 12.3 Å². The van der Waals surface area contributed by atoms with Crippen LogP contribution in [0.5, 0.6) is 0 Å². The summed E-state index contributed by atoms with van der Waals surface area (Å²) in [7, 11) is 0. The van der Waals surface area contributed by atoms with E-state index in [9.17, 15) is 9.59 Å². The van der Waals surface area contributed by atoms with E-state index < -0.39 is 6.04 Å². The van der Waals surface area contributed by atoms with Gasteiger partial charge < -0.3 is 16.0 Å². The zero-order valence-corrected chi connectivity index (χ0v) is 12.5. The Bertz CT molecular complexity index is 493.